The van der Waals surface area contributed by atoms with Crippen LogP contribution in [0.5, 0.6) is 0 Å². The number of carbonyl (C=O) groups is 1. The highest BCUT2D eigenvalue weighted by Crippen LogP contribution is 2.18. The van der Waals surface area contributed by atoms with Crippen LogP contribution >= 0.6 is 0 Å². The minimum absolute atomic E-state index is 0.172. The van der Waals surface area contributed by atoms with Crippen LogP contribution < -0.4 is 10.2 Å². The molecule has 0 atom stereocenters. The van der Waals surface area contributed by atoms with E-state index in [1.807, 2.05) is 50.2 Å². The van der Waals surface area contributed by atoms with Crippen molar-refractivity contribution in [3.05, 3.63) is 65.4 Å². The number of amides is 1. The second kappa shape index (κ2) is 8.43. The maximum atomic E-state index is 12.7. The van der Waals surface area contributed by atoms with Crippen LogP contribution in [0, 0.1) is 13.8 Å². The van der Waals surface area contributed by atoms with E-state index in [1.165, 1.54) is 19.3 Å². The molecule has 1 fully saturated rings. The zero-order valence-electron chi connectivity index (χ0n) is 16.9. The summed E-state index contributed by atoms with van der Waals surface area (Å²) in [5, 5.41) is 7.31. The van der Waals surface area contributed by atoms with Crippen LogP contribution in [-0.4, -0.2) is 38.7 Å². The Morgan fingerprint density at radius 1 is 1.07 bits per heavy atom. The summed E-state index contributed by atoms with van der Waals surface area (Å²) >= 11 is 0. The molecular formula is C22H26N6O. The minimum atomic E-state index is -0.172. The van der Waals surface area contributed by atoms with Crippen molar-refractivity contribution in [2.24, 2.45) is 0 Å². The van der Waals surface area contributed by atoms with E-state index in [1.54, 1.807) is 10.9 Å². The lowest BCUT2D eigenvalue weighted by atomic mass is 10.1. The highest BCUT2D eigenvalue weighted by atomic mass is 16.1. The van der Waals surface area contributed by atoms with Crippen molar-refractivity contribution >= 4 is 11.7 Å². The predicted octanol–water partition coefficient (Wildman–Crippen LogP) is 3.20. The number of aryl methyl sites for hydroxylation is 1. The molecule has 1 aliphatic heterocycles. The molecule has 0 saturated carbocycles. The van der Waals surface area contributed by atoms with E-state index in [0.29, 0.717) is 11.4 Å². The summed E-state index contributed by atoms with van der Waals surface area (Å²) < 4.78 is 1.77. The number of hydrogen-bond donors (Lipinski definition) is 1. The molecule has 0 radical (unpaired) electrons. The van der Waals surface area contributed by atoms with Crippen molar-refractivity contribution in [2.75, 3.05) is 18.0 Å². The highest BCUT2D eigenvalue weighted by molar-refractivity contribution is 5.95. The van der Waals surface area contributed by atoms with E-state index in [4.69, 9.17) is 0 Å². The van der Waals surface area contributed by atoms with Gasteiger partial charge in [0.1, 0.15) is 11.6 Å². The largest absolute Gasteiger partial charge is 0.357 e. The Labute approximate surface area is 170 Å². The first-order valence-electron chi connectivity index (χ1n) is 10.1. The predicted molar refractivity (Wildman–Crippen MR) is 112 cm³/mol. The smallest absolute Gasteiger partial charge is 0.255 e. The number of piperidine rings is 1. The van der Waals surface area contributed by atoms with Gasteiger partial charge in [0, 0.05) is 24.8 Å². The standard InChI is InChI=1S/C22H26N6O/c1-16-13-21(27-11-7-4-8-12-27)26-20(25-16)15-23-22(29)19-14-24-28(17(19)2)18-9-5-3-6-10-18/h3,5-6,9-10,13-14H,4,7-8,11-12,15H2,1-2H3,(H,23,29). The van der Waals surface area contributed by atoms with E-state index in [2.05, 4.69) is 25.3 Å². The lowest BCUT2D eigenvalue weighted by Crippen LogP contribution is -2.31. The van der Waals surface area contributed by atoms with Crippen LogP contribution in [-0.2, 0) is 6.54 Å². The third-order valence-electron chi connectivity index (χ3n) is 5.23. The molecule has 1 N–H and O–H groups in total. The number of anilines is 1. The second-order valence-electron chi connectivity index (χ2n) is 7.41. The van der Waals surface area contributed by atoms with Crippen molar-refractivity contribution < 1.29 is 4.79 Å². The van der Waals surface area contributed by atoms with E-state index in [9.17, 15) is 4.79 Å². The Hall–Kier alpha value is -3.22. The first-order valence-corrected chi connectivity index (χ1v) is 10.1. The van der Waals surface area contributed by atoms with Gasteiger partial charge in [0.15, 0.2) is 0 Å². The van der Waals surface area contributed by atoms with E-state index in [0.717, 1.165) is 36.0 Å². The van der Waals surface area contributed by atoms with Crippen molar-refractivity contribution in [2.45, 2.75) is 39.7 Å². The molecule has 7 heteroatoms. The summed E-state index contributed by atoms with van der Waals surface area (Å²) in [5.41, 5.74) is 3.20. The summed E-state index contributed by atoms with van der Waals surface area (Å²) in [4.78, 5) is 24.2. The number of hydrogen-bond acceptors (Lipinski definition) is 5. The number of carbonyl (C=O) groups excluding carboxylic acids is 1. The third-order valence-corrected chi connectivity index (χ3v) is 5.23. The Kier molecular flexibility index (Phi) is 5.55. The van der Waals surface area contributed by atoms with Gasteiger partial charge >= 0.3 is 0 Å². The molecule has 3 heterocycles. The van der Waals surface area contributed by atoms with Crippen LogP contribution in [0.25, 0.3) is 5.69 Å². The van der Waals surface area contributed by atoms with Crippen LogP contribution in [0.1, 0.15) is 46.8 Å². The molecule has 3 aromatic rings. The van der Waals surface area contributed by atoms with E-state index in [-0.39, 0.29) is 12.5 Å². The van der Waals surface area contributed by atoms with E-state index < -0.39 is 0 Å². The molecule has 0 spiro atoms. The van der Waals surface area contributed by atoms with Gasteiger partial charge in [-0.05, 0) is 45.2 Å². The highest BCUT2D eigenvalue weighted by Gasteiger charge is 2.17. The Balaban J connectivity index is 1.46. The average Bonchev–Trinajstić information content (AvgIpc) is 3.14. The van der Waals surface area contributed by atoms with Crippen LogP contribution in [0.15, 0.2) is 42.6 Å². The van der Waals surface area contributed by atoms with Gasteiger partial charge in [0.25, 0.3) is 5.91 Å². The maximum Gasteiger partial charge on any atom is 0.255 e. The quantitative estimate of drug-likeness (QED) is 0.724. The number of rotatable bonds is 5. The van der Waals surface area contributed by atoms with Gasteiger partial charge < -0.3 is 10.2 Å². The average molecular weight is 390 g/mol. The summed E-state index contributed by atoms with van der Waals surface area (Å²) in [7, 11) is 0. The summed E-state index contributed by atoms with van der Waals surface area (Å²) in [6.07, 6.45) is 5.27. The normalized spacial score (nSPS) is 14.1. The fraction of sp³-hybridized carbons (Fsp3) is 0.364. The fourth-order valence-corrected chi connectivity index (χ4v) is 3.69. The van der Waals surface area contributed by atoms with Gasteiger partial charge in [-0.15, -0.1) is 0 Å². The lowest BCUT2D eigenvalue weighted by Gasteiger charge is -2.28. The molecule has 150 valence electrons. The molecular weight excluding hydrogens is 364 g/mol. The zero-order valence-corrected chi connectivity index (χ0v) is 16.9. The molecule has 1 aliphatic rings. The molecule has 0 aliphatic carbocycles. The van der Waals surface area contributed by atoms with Gasteiger partial charge in [-0.1, -0.05) is 18.2 Å². The van der Waals surface area contributed by atoms with Gasteiger partial charge in [-0.3, -0.25) is 4.79 Å². The van der Waals surface area contributed by atoms with Crippen molar-refractivity contribution in [1.29, 1.82) is 0 Å². The van der Waals surface area contributed by atoms with Crippen LogP contribution in [0.3, 0.4) is 0 Å². The number of aromatic nitrogens is 4. The number of benzene rings is 1. The fourth-order valence-electron chi connectivity index (χ4n) is 3.69. The monoisotopic (exact) mass is 390 g/mol. The first kappa shape index (κ1) is 19.1. The second-order valence-corrected chi connectivity index (χ2v) is 7.41. The molecule has 0 bridgehead atoms. The van der Waals surface area contributed by atoms with Crippen LogP contribution in [0.2, 0.25) is 0 Å². The van der Waals surface area contributed by atoms with Gasteiger partial charge in [0.2, 0.25) is 0 Å². The summed E-state index contributed by atoms with van der Waals surface area (Å²) in [6.45, 7) is 6.21. The molecule has 29 heavy (non-hydrogen) atoms. The molecule has 0 unspecified atom stereocenters. The minimum Gasteiger partial charge on any atom is -0.357 e. The molecule has 7 nitrogen and oxygen atoms in total. The zero-order chi connectivity index (χ0) is 20.2. The van der Waals surface area contributed by atoms with Gasteiger partial charge in [-0.25, -0.2) is 14.6 Å². The van der Waals surface area contributed by atoms with Gasteiger partial charge in [0.05, 0.1) is 29.7 Å². The molecule has 1 amide bonds. The van der Waals surface area contributed by atoms with Crippen molar-refractivity contribution in [1.82, 2.24) is 25.1 Å². The SMILES string of the molecule is Cc1cc(N2CCCCC2)nc(CNC(=O)c2cnn(-c3ccccc3)c2C)n1. The first-order chi connectivity index (χ1) is 14.1. The number of para-hydroxylation sites is 1. The third kappa shape index (κ3) is 4.29. The Morgan fingerprint density at radius 2 is 1.83 bits per heavy atom. The van der Waals surface area contributed by atoms with E-state index >= 15 is 0 Å². The Bertz CT molecular complexity index is 992. The molecule has 2 aromatic heterocycles. The Morgan fingerprint density at radius 3 is 2.59 bits per heavy atom. The molecule has 1 aromatic carbocycles. The number of nitrogens with one attached hydrogen (secondary N) is 1. The van der Waals surface area contributed by atoms with Crippen molar-refractivity contribution in [3.63, 3.8) is 0 Å². The van der Waals surface area contributed by atoms with Crippen molar-refractivity contribution in [3.8, 4) is 5.69 Å². The summed E-state index contributed by atoms with van der Waals surface area (Å²) in [5.74, 6) is 1.41. The lowest BCUT2D eigenvalue weighted by molar-refractivity contribution is 0.0949. The topological polar surface area (TPSA) is 75.9 Å². The summed E-state index contributed by atoms with van der Waals surface area (Å²) in [6, 6.07) is 11.8. The van der Waals surface area contributed by atoms with Crippen LogP contribution in [0.4, 0.5) is 5.82 Å². The number of nitrogens with zero attached hydrogens (tertiary/aromatic N) is 5. The molecule has 1 saturated heterocycles. The maximum absolute atomic E-state index is 12.7. The molecule has 4 rings (SSSR count). The van der Waals surface area contributed by atoms with Gasteiger partial charge in [-0.2, -0.15) is 5.10 Å².